The zero-order valence-corrected chi connectivity index (χ0v) is 9.64. The lowest BCUT2D eigenvalue weighted by molar-refractivity contribution is -0.132. The second-order valence-corrected chi connectivity index (χ2v) is 3.76. The van der Waals surface area contributed by atoms with Gasteiger partial charge in [0.2, 0.25) is 5.91 Å². The molecule has 2 N–H and O–H groups in total. The lowest BCUT2D eigenvalue weighted by Crippen LogP contribution is -2.40. The van der Waals surface area contributed by atoms with E-state index < -0.39 is 5.41 Å². The third kappa shape index (κ3) is 3.66. The van der Waals surface area contributed by atoms with E-state index in [-0.39, 0.29) is 5.91 Å². The highest BCUT2D eigenvalue weighted by molar-refractivity contribution is 5.80. The monoisotopic (exact) mass is 201 g/mol. The van der Waals surface area contributed by atoms with E-state index in [1.54, 1.807) is 0 Å². The molecule has 0 bridgehead atoms. The molecular weight excluding hydrogens is 178 g/mol. The summed E-state index contributed by atoms with van der Waals surface area (Å²) in [6.45, 7) is 7.28. The summed E-state index contributed by atoms with van der Waals surface area (Å²) in [5, 5.41) is 0. The zero-order chi connectivity index (χ0) is 11.0. The molecule has 0 aliphatic carbocycles. The van der Waals surface area contributed by atoms with E-state index in [0.717, 1.165) is 32.3 Å². The van der Waals surface area contributed by atoms with E-state index in [9.17, 15) is 4.79 Å². The molecule has 0 aliphatic rings. The molecule has 3 nitrogen and oxygen atoms in total. The smallest absolute Gasteiger partial charge is 0.225 e. The summed E-state index contributed by atoms with van der Waals surface area (Å²) >= 11 is 0. The summed E-state index contributed by atoms with van der Waals surface area (Å²) in [4.78, 5) is 11.3. The maximum Gasteiger partial charge on any atom is 0.225 e. The Morgan fingerprint density at radius 3 is 2.21 bits per heavy atom. The molecule has 0 saturated heterocycles. The molecule has 14 heavy (non-hydrogen) atoms. The van der Waals surface area contributed by atoms with E-state index in [4.69, 9.17) is 10.5 Å². The molecular formula is C11H23NO2. The highest BCUT2D eigenvalue weighted by atomic mass is 16.5. The van der Waals surface area contributed by atoms with Crippen LogP contribution in [0.1, 0.15) is 46.5 Å². The minimum absolute atomic E-state index is 0.237. The maximum absolute atomic E-state index is 11.3. The Kier molecular flexibility index (Phi) is 6.54. The van der Waals surface area contributed by atoms with Crippen molar-refractivity contribution >= 4 is 5.91 Å². The van der Waals surface area contributed by atoms with Gasteiger partial charge in [0.05, 0.1) is 12.0 Å². The van der Waals surface area contributed by atoms with Crippen molar-refractivity contribution in [2.24, 2.45) is 11.1 Å². The first-order chi connectivity index (χ1) is 6.63. The summed E-state index contributed by atoms with van der Waals surface area (Å²) in [5.41, 5.74) is 4.94. The van der Waals surface area contributed by atoms with Crippen LogP contribution in [0.15, 0.2) is 0 Å². The first kappa shape index (κ1) is 13.4. The van der Waals surface area contributed by atoms with Gasteiger partial charge in [-0.2, -0.15) is 0 Å². The topological polar surface area (TPSA) is 52.3 Å². The van der Waals surface area contributed by atoms with Crippen LogP contribution in [-0.4, -0.2) is 19.1 Å². The van der Waals surface area contributed by atoms with Crippen LogP contribution < -0.4 is 5.73 Å². The van der Waals surface area contributed by atoms with Gasteiger partial charge in [0.25, 0.3) is 0 Å². The number of carbonyl (C=O) groups excluding carboxylic acids is 1. The van der Waals surface area contributed by atoms with Crippen molar-refractivity contribution in [1.29, 1.82) is 0 Å². The van der Waals surface area contributed by atoms with Crippen LogP contribution in [0.3, 0.4) is 0 Å². The van der Waals surface area contributed by atoms with Crippen molar-refractivity contribution in [3.05, 3.63) is 0 Å². The predicted octanol–water partition coefficient (Wildman–Crippen LogP) is 2.09. The Morgan fingerprint density at radius 1 is 1.29 bits per heavy atom. The molecule has 0 aliphatic heterocycles. The number of amides is 1. The van der Waals surface area contributed by atoms with Gasteiger partial charge in [-0.1, -0.05) is 27.2 Å². The van der Waals surface area contributed by atoms with Crippen molar-refractivity contribution in [3.8, 4) is 0 Å². The molecule has 0 aromatic carbocycles. The van der Waals surface area contributed by atoms with Gasteiger partial charge < -0.3 is 10.5 Å². The average molecular weight is 201 g/mol. The minimum Gasteiger partial charge on any atom is -0.380 e. The third-order valence-electron chi connectivity index (χ3n) is 2.90. The van der Waals surface area contributed by atoms with Gasteiger partial charge in [0, 0.05) is 6.61 Å². The van der Waals surface area contributed by atoms with Gasteiger partial charge in [-0.3, -0.25) is 4.79 Å². The SMILES string of the molecule is CCCCOCC(CC)(CC)C(N)=O. The molecule has 0 aromatic rings. The molecule has 3 heteroatoms. The normalized spacial score (nSPS) is 11.6. The van der Waals surface area contributed by atoms with E-state index in [1.807, 2.05) is 13.8 Å². The Balaban J connectivity index is 4.02. The fraction of sp³-hybridized carbons (Fsp3) is 0.909. The van der Waals surface area contributed by atoms with Crippen LogP contribution in [0, 0.1) is 5.41 Å². The Bertz CT molecular complexity index is 165. The molecule has 0 rings (SSSR count). The fourth-order valence-corrected chi connectivity index (χ4v) is 1.39. The number of rotatable bonds is 8. The fourth-order valence-electron chi connectivity index (χ4n) is 1.39. The van der Waals surface area contributed by atoms with Crippen LogP contribution in [0.2, 0.25) is 0 Å². The van der Waals surface area contributed by atoms with Crippen molar-refractivity contribution in [2.75, 3.05) is 13.2 Å². The molecule has 0 aromatic heterocycles. The number of hydrogen-bond donors (Lipinski definition) is 1. The second kappa shape index (κ2) is 6.82. The zero-order valence-electron chi connectivity index (χ0n) is 9.64. The van der Waals surface area contributed by atoms with Gasteiger partial charge >= 0.3 is 0 Å². The highest BCUT2D eigenvalue weighted by Gasteiger charge is 2.32. The van der Waals surface area contributed by atoms with Crippen LogP contribution >= 0.6 is 0 Å². The standard InChI is InChI=1S/C11H23NO2/c1-4-7-8-14-9-11(5-2,6-3)10(12)13/h4-9H2,1-3H3,(H2,12,13). The molecule has 0 atom stereocenters. The molecule has 0 spiro atoms. The van der Waals surface area contributed by atoms with Crippen molar-refractivity contribution < 1.29 is 9.53 Å². The van der Waals surface area contributed by atoms with Crippen LogP contribution in [0.5, 0.6) is 0 Å². The highest BCUT2D eigenvalue weighted by Crippen LogP contribution is 2.26. The quantitative estimate of drug-likeness (QED) is 0.611. The van der Waals surface area contributed by atoms with E-state index >= 15 is 0 Å². The van der Waals surface area contributed by atoms with Gasteiger partial charge in [0.15, 0.2) is 0 Å². The van der Waals surface area contributed by atoms with Gasteiger partial charge in [-0.05, 0) is 19.3 Å². The Morgan fingerprint density at radius 2 is 1.86 bits per heavy atom. The number of primary amides is 1. The summed E-state index contributed by atoms with van der Waals surface area (Å²) < 4.78 is 5.48. The third-order valence-corrected chi connectivity index (χ3v) is 2.90. The Hall–Kier alpha value is -0.570. The van der Waals surface area contributed by atoms with Crippen molar-refractivity contribution in [1.82, 2.24) is 0 Å². The predicted molar refractivity (Wildman–Crippen MR) is 57.9 cm³/mol. The second-order valence-electron chi connectivity index (χ2n) is 3.76. The van der Waals surface area contributed by atoms with E-state index in [0.29, 0.717) is 6.61 Å². The van der Waals surface area contributed by atoms with Gasteiger partial charge in [-0.15, -0.1) is 0 Å². The number of unbranched alkanes of at least 4 members (excludes halogenated alkanes) is 1. The summed E-state index contributed by atoms with van der Waals surface area (Å²) in [6.07, 6.45) is 3.67. The van der Waals surface area contributed by atoms with Crippen LogP contribution in [-0.2, 0) is 9.53 Å². The summed E-state index contributed by atoms with van der Waals surface area (Å²) in [7, 11) is 0. The average Bonchev–Trinajstić information content (AvgIpc) is 2.18. The molecule has 0 radical (unpaired) electrons. The molecule has 84 valence electrons. The molecule has 0 heterocycles. The number of nitrogens with two attached hydrogens (primary N) is 1. The van der Waals surface area contributed by atoms with Gasteiger partial charge in [-0.25, -0.2) is 0 Å². The van der Waals surface area contributed by atoms with Crippen molar-refractivity contribution in [2.45, 2.75) is 46.5 Å². The van der Waals surface area contributed by atoms with Crippen LogP contribution in [0.4, 0.5) is 0 Å². The van der Waals surface area contributed by atoms with Crippen molar-refractivity contribution in [3.63, 3.8) is 0 Å². The molecule has 0 unspecified atom stereocenters. The largest absolute Gasteiger partial charge is 0.380 e. The first-order valence-electron chi connectivity index (χ1n) is 5.50. The van der Waals surface area contributed by atoms with E-state index in [1.165, 1.54) is 0 Å². The lowest BCUT2D eigenvalue weighted by Gasteiger charge is -2.27. The summed E-state index contributed by atoms with van der Waals surface area (Å²) in [5.74, 6) is -0.237. The number of ether oxygens (including phenoxy) is 1. The lowest BCUT2D eigenvalue weighted by atomic mass is 9.82. The number of hydrogen-bond acceptors (Lipinski definition) is 2. The minimum atomic E-state index is -0.451. The molecule has 1 amide bonds. The molecule has 0 fully saturated rings. The first-order valence-corrected chi connectivity index (χ1v) is 5.50. The maximum atomic E-state index is 11.3. The number of carbonyl (C=O) groups is 1. The molecule has 0 saturated carbocycles. The van der Waals surface area contributed by atoms with Gasteiger partial charge in [0.1, 0.15) is 0 Å². The van der Waals surface area contributed by atoms with E-state index in [2.05, 4.69) is 6.92 Å². The summed E-state index contributed by atoms with van der Waals surface area (Å²) in [6, 6.07) is 0. The Labute approximate surface area is 87.0 Å². The van der Waals surface area contributed by atoms with Crippen LogP contribution in [0.25, 0.3) is 0 Å².